The largest absolute Gasteiger partial charge is 0.493 e. The molecule has 0 spiro atoms. The highest BCUT2D eigenvalue weighted by Crippen LogP contribution is 2.35. The van der Waals surface area contributed by atoms with Crippen LogP contribution < -0.4 is 14.8 Å². The molecule has 8 nitrogen and oxygen atoms in total. The summed E-state index contributed by atoms with van der Waals surface area (Å²) in [4.78, 5) is 19.1. The third-order valence-corrected chi connectivity index (χ3v) is 4.37. The number of nitrogens with one attached hydrogen (secondary N) is 1. The second-order valence-corrected chi connectivity index (χ2v) is 6.85. The monoisotopic (exact) mass is 449 g/mol. The van der Waals surface area contributed by atoms with Crippen molar-refractivity contribution in [3.05, 3.63) is 65.2 Å². The zero-order chi connectivity index (χ0) is 22.6. The van der Waals surface area contributed by atoms with Crippen LogP contribution in [0.5, 0.6) is 17.2 Å². The molecule has 3 N–H and O–H groups in total. The van der Waals surface area contributed by atoms with Gasteiger partial charge in [-0.1, -0.05) is 29.8 Å². The van der Waals surface area contributed by atoms with E-state index in [4.69, 9.17) is 36.0 Å². The van der Waals surface area contributed by atoms with E-state index in [9.17, 15) is 9.59 Å². The smallest absolute Gasteiger partial charge is 0.328 e. The first kappa shape index (κ1) is 24.2. The number of halogens is 1. The zero-order valence-corrected chi connectivity index (χ0v) is 17.7. The Bertz CT molecular complexity index is 894. The first-order valence-corrected chi connectivity index (χ1v) is 9.82. The fraction of sp³-hybridized carbons (Fsp3) is 0.273. The molecular formula is C22H24ClNO7. The van der Waals surface area contributed by atoms with Crippen LogP contribution in [-0.4, -0.2) is 55.1 Å². The highest BCUT2D eigenvalue weighted by Gasteiger charge is 2.17. The summed E-state index contributed by atoms with van der Waals surface area (Å²) in [5, 5.41) is 19.6. The molecule has 1 atom stereocenters. The third kappa shape index (κ3) is 8.67. The maximum Gasteiger partial charge on any atom is 0.328 e. The molecule has 1 fully saturated rings. The van der Waals surface area contributed by atoms with E-state index in [0.29, 0.717) is 28.7 Å². The van der Waals surface area contributed by atoms with Crippen molar-refractivity contribution in [1.82, 2.24) is 5.32 Å². The molecule has 0 amide bonds. The summed E-state index contributed by atoms with van der Waals surface area (Å²) in [5.41, 5.74) is 1.11. The molecule has 0 saturated carbocycles. The molecule has 9 heteroatoms. The van der Waals surface area contributed by atoms with Crippen LogP contribution in [0.3, 0.4) is 0 Å². The van der Waals surface area contributed by atoms with Gasteiger partial charge in [0.15, 0.2) is 11.5 Å². The average molecular weight is 450 g/mol. The molecule has 0 aliphatic carbocycles. The van der Waals surface area contributed by atoms with Gasteiger partial charge >= 0.3 is 11.9 Å². The van der Waals surface area contributed by atoms with E-state index in [1.165, 1.54) is 0 Å². The lowest BCUT2D eigenvalue weighted by Gasteiger charge is -2.24. The molecule has 3 rings (SSSR count). The lowest BCUT2D eigenvalue weighted by atomic mass is 10.1. The molecule has 0 unspecified atom stereocenters. The topological polar surface area (TPSA) is 114 Å². The number of para-hydroxylation sites is 1. The molecular weight excluding hydrogens is 426 g/mol. The number of carbonyl (C=O) groups is 2. The van der Waals surface area contributed by atoms with E-state index in [1.54, 1.807) is 19.2 Å². The highest BCUT2D eigenvalue weighted by atomic mass is 35.5. The quantitative estimate of drug-likeness (QED) is 0.551. The Hall–Kier alpha value is -3.07. The van der Waals surface area contributed by atoms with Crippen molar-refractivity contribution in [3.63, 3.8) is 0 Å². The summed E-state index contributed by atoms with van der Waals surface area (Å²) in [6.07, 6.45) is 2.09. The zero-order valence-electron chi connectivity index (χ0n) is 16.9. The van der Waals surface area contributed by atoms with Crippen molar-refractivity contribution in [1.29, 1.82) is 0 Å². The van der Waals surface area contributed by atoms with Crippen LogP contribution in [-0.2, 0) is 20.7 Å². The Balaban J connectivity index is 0.000000366. The number of aliphatic carboxylic acids is 2. The molecule has 1 aliphatic heterocycles. The summed E-state index contributed by atoms with van der Waals surface area (Å²) in [7, 11) is 1.60. The lowest BCUT2D eigenvalue weighted by molar-refractivity contribution is -0.134. The van der Waals surface area contributed by atoms with E-state index in [-0.39, 0.29) is 6.10 Å². The molecule has 166 valence electrons. The number of rotatable bonds is 7. The van der Waals surface area contributed by atoms with Gasteiger partial charge in [-0.15, -0.1) is 0 Å². The van der Waals surface area contributed by atoms with Crippen LogP contribution in [0.15, 0.2) is 54.6 Å². The highest BCUT2D eigenvalue weighted by molar-refractivity contribution is 6.30. The molecule has 2 aromatic rings. The number of methoxy groups -OCH3 is 1. The minimum Gasteiger partial charge on any atom is -0.493 e. The summed E-state index contributed by atoms with van der Waals surface area (Å²) >= 11 is 6.00. The van der Waals surface area contributed by atoms with E-state index in [1.807, 2.05) is 24.3 Å². The molecule has 1 saturated heterocycles. The second kappa shape index (κ2) is 12.6. The number of hydrogen-bond acceptors (Lipinski definition) is 6. The number of carboxylic acids is 2. The van der Waals surface area contributed by atoms with Gasteiger partial charge in [-0.2, -0.15) is 0 Å². The Labute approximate surface area is 185 Å². The van der Waals surface area contributed by atoms with Gasteiger partial charge in [0.1, 0.15) is 5.75 Å². The van der Waals surface area contributed by atoms with Crippen molar-refractivity contribution < 1.29 is 34.0 Å². The number of morpholine rings is 1. The van der Waals surface area contributed by atoms with Crippen molar-refractivity contribution >= 4 is 23.5 Å². The van der Waals surface area contributed by atoms with Crippen LogP contribution in [0.2, 0.25) is 5.02 Å². The number of carboxylic acid groups (broad SMARTS) is 2. The Morgan fingerprint density at radius 3 is 2.45 bits per heavy atom. The van der Waals surface area contributed by atoms with Gasteiger partial charge < -0.3 is 29.7 Å². The van der Waals surface area contributed by atoms with E-state index >= 15 is 0 Å². The maximum absolute atomic E-state index is 9.55. The van der Waals surface area contributed by atoms with Gasteiger partial charge in [0.2, 0.25) is 0 Å². The number of benzene rings is 2. The van der Waals surface area contributed by atoms with Crippen LogP contribution >= 0.6 is 11.6 Å². The van der Waals surface area contributed by atoms with E-state index in [0.717, 1.165) is 37.4 Å². The summed E-state index contributed by atoms with van der Waals surface area (Å²) in [6.45, 7) is 2.52. The predicted octanol–water partition coefficient (Wildman–Crippen LogP) is 3.38. The van der Waals surface area contributed by atoms with Crippen LogP contribution in [0.25, 0.3) is 0 Å². The van der Waals surface area contributed by atoms with Crippen molar-refractivity contribution in [2.75, 3.05) is 26.8 Å². The SMILES string of the molecule is COc1cc(Cl)ccc1Oc1ccccc1C[C@H]1CNCCO1.O=C(O)/C=C/C(=O)O. The summed E-state index contributed by atoms with van der Waals surface area (Å²) in [6, 6.07) is 13.3. The molecule has 2 aromatic carbocycles. The first-order chi connectivity index (χ1) is 14.9. The van der Waals surface area contributed by atoms with Crippen molar-refractivity contribution in [3.8, 4) is 17.2 Å². The number of ether oxygens (including phenoxy) is 3. The van der Waals surface area contributed by atoms with Gasteiger partial charge in [0, 0.05) is 42.8 Å². The Morgan fingerprint density at radius 2 is 1.84 bits per heavy atom. The fourth-order valence-corrected chi connectivity index (χ4v) is 2.92. The standard InChI is InChI=1S/C18H20ClNO3.C4H4O4/c1-21-18-11-14(19)6-7-17(18)23-16-5-3-2-4-13(16)10-15-12-20-8-9-22-15;5-3(6)1-2-4(7)8/h2-7,11,15,20H,8-10,12H2,1H3;1-2H,(H,5,6)(H,7,8)/b;2-1+/t15-;/m0./s1. The van der Waals surface area contributed by atoms with Crippen LogP contribution in [0.4, 0.5) is 0 Å². The van der Waals surface area contributed by atoms with Crippen molar-refractivity contribution in [2.45, 2.75) is 12.5 Å². The molecule has 1 heterocycles. The molecule has 1 aliphatic rings. The third-order valence-electron chi connectivity index (χ3n) is 4.14. The Morgan fingerprint density at radius 1 is 1.13 bits per heavy atom. The van der Waals surface area contributed by atoms with Crippen LogP contribution in [0, 0.1) is 0 Å². The fourth-order valence-electron chi connectivity index (χ4n) is 2.75. The molecule has 0 bridgehead atoms. The normalized spacial score (nSPS) is 15.6. The van der Waals surface area contributed by atoms with Gasteiger partial charge in [0.05, 0.1) is 19.8 Å². The maximum atomic E-state index is 9.55. The van der Waals surface area contributed by atoms with Crippen molar-refractivity contribution in [2.24, 2.45) is 0 Å². The number of hydrogen-bond donors (Lipinski definition) is 3. The second-order valence-electron chi connectivity index (χ2n) is 6.42. The van der Waals surface area contributed by atoms with Gasteiger partial charge in [-0.3, -0.25) is 0 Å². The van der Waals surface area contributed by atoms with Crippen LogP contribution in [0.1, 0.15) is 5.56 Å². The van der Waals surface area contributed by atoms with Gasteiger partial charge in [0.25, 0.3) is 0 Å². The minimum atomic E-state index is -1.26. The minimum absolute atomic E-state index is 0.167. The summed E-state index contributed by atoms with van der Waals surface area (Å²) in [5.74, 6) is -0.447. The van der Waals surface area contributed by atoms with E-state index in [2.05, 4.69) is 11.4 Å². The first-order valence-electron chi connectivity index (χ1n) is 9.44. The van der Waals surface area contributed by atoms with E-state index < -0.39 is 11.9 Å². The molecule has 0 aromatic heterocycles. The molecule has 0 radical (unpaired) electrons. The lowest BCUT2D eigenvalue weighted by Crippen LogP contribution is -2.39. The average Bonchev–Trinajstić information content (AvgIpc) is 2.76. The Kier molecular flexibility index (Phi) is 9.83. The molecule has 31 heavy (non-hydrogen) atoms. The van der Waals surface area contributed by atoms with Gasteiger partial charge in [-0.05, 0) is 23.8 Å². The summed E-state index contributed by atoms with van der Waals surface area (Å²) < 4.78 is 17.2. The van der Waals surface area contributed by atoms with Gasteiger partial charge in [-0.25, -0.2) is 9.59 Å². The predicted molar refractivity (Wildman–Crippen MR) is 115 cm³/mol.